The molecular weight excluding hydrogens is 354 g/mol. The molecule has 1 saturated carbocycles. The maximum absolute atomic E-state index is 10.3. The quantitative estimate of drug-likeness (QED) is 0.843. The molecule has 1 aromatic carbocycles. The predicted molar refractivity (Wildman–Crippen MR) is 92.5 cm³/mol. The fourth-order valence-corrected chi connectivity index (χ4v) is 3.44. The first-order valence-electron chi connectivity index (χ1n) is 6.79. The van der Waals surface area contributed by atoms with Crippen LogP contribution in [0.3, 0.4) is 0 Å². The number of rotatable bonds is 3. The van der Waals surface area contributed by atoms with Crippen LogP contribution < -0.4 is 5.32 Å². The van der Waals surface area contributed by atoms with Crippen LogP contribution in [0.15, 0.2) is 12.1 Å². The molecule has 1 aliphatic heterocycles. The fraction of sp³-hybridized carbons (Fsp3) is 0.571. The van der Waals surface area contributed by atoms with Gasteiger partial charge in [-0.1, -0.05) is 23.2 Å². The summed E-state index contributed by atoms with van der Waals surface area (Å²) in [5, 5.41) is 14.6. The van der Waals surface area contributed by atoms with Crippen molar-refractivity contribution in [1.29, 1.82) is 0 Å². The molecule has 0 unspecified atom stereocenters. The Morgan fingerprint density at radius 3 is 2.33 bits per heavy atom. The van der Waals surface area contributed by atoms with Crippen molar-refractivity contribution in [3.63, 3.8) is 0 Å². The largest absolute Gasteiger partial charge is 0.506 e. The lowest BCUT2D eigenvalue weighted by molar-refractivity contribution is 0.153. The van der Waals surface area contributed by atoms with Crippen molar-refractivity contribution in [3.05, 3.63) is 27.7 Å². The van der Waals surface area contributed by atoms with Gasteiger partial charge in [-0.05, 0) is 30.9 Å². The fourth-order valence-electron chi connectivity index (χ4n) is 2.93. The Morgan fingerprint density at radius 1 is 1.14 bits per heavy atom. The molecule has 1 atom stereocenters. The van der Waals surface area contributed by atoms with Crippen LogP contribution in [0, 0.1) is 5.92 Å². The van der Waals surface area contributed by atoms with Crippen molar-refractivity contribution >= 4 is 48.0 Å². The van der Waals surface area contributed by atoms with E-state index in [4.69, 9.17) is 23.2 Å². The number of nitrogens with one attached hydrogen (secondary N) is 1. The lowest BCUT2D eigenvalue weighted by Gasteiger charge is -2.36. The van der Waals surface area contributed by atoms with Gasteiger partial charge in [0.1, 0.15) is 5.75 Å². The number of piperazine rings is 1. The minimum atomic E-state index is 0. The minimum absolute atomic E-state index is 0. The van der Waals surface area contributed by atoms with Gasteiger partial charge in [-0.15, -0.1) is 24.8 Å². The molecule has 2 aliphatic rings. The van der Waals surface area contributed by atoms with E-state index in [9.17, 15) is 5.11 Å². The Labute approximate surface area is 147 Å². The van der Waals surface area contributed by atoms with E-state index in [0.29, 0.717) is 16.0 Å². The number of phenolic OH excluding ortho intramolecular Hbond substituents is 1. The second-order valence-electron chi connectivity index (χ2n) is 5.39. The Kier molecular flexibility index (Phi) is 7.38. The van der Waals surface area contributed by atoms with Gasteiger partial charge in [-0.3, -0.25) is 4.90 Å². The van der Waals surface area contributed by atoms with E-state index in [0.717, 1.165) is 31.7 Å². The predicted octanol–water partition coefficient (Wildman–Crippen LogP) is 3.90. The SMILES string of the molecule is Cl.Cl.Oc1c(Cl)cc(Cl)cc1[C@@H](C1CC1)N1CCNCC1. The summed E-state index contributed by atoms with van der Waals surface area (Å²) in [7, 11) is 0. The summed E-state index contributed by atoms with van der Waals surface area (Å²) >= 11 is 12.2. The Bertz CT molecular complexity index is 476. The first-order valence-corrected chi connectivity index (χ1v) is 7.55. The highest BCUT2D eigenvalue weighted by Crippen LogP contribution is 2.48. The molecule has 1 heterocycles. The van der Waals surface area contributed by atoms with Crippen LogP contribution in [-0.4, -0.2) is 36.2 Å². The zero-order valence-corrected chi connectivity index (χ0v) is 14.7. The summed E-state index contributed by atoms with van der Waals surface area (Å²) in [5.41, 5.74) is 0.891. The highest BCUT2D eigenvalue weighted by Gasteiger charge is 2.38. The number of hydrogen-bond acceptors (Lipinski definition) is 3. The molecule has 0 spiro atoms. The van der Waals surface area contributed by atoms with E-state index >= 15 is 0 Å². The van der Waals surface area contributed by atoms with Crippen LogP contribution in [-0.2, 0) is 0 Å². The molecule has 3 rings (SSSR count). The van der Waals surface area contributed by atoms with Crippen molar-refractivity contribution < 1.29 is 5.11 Å². The van der Waals surface area contributed by atoms with E-state index in [-0.39, 0.29) is 36.6 Å². The van der Waals surface area contributed by atoms with Gasteiger partial charge in [0.15, 0.2) is 0 Å². The average molecular weight is 374 g/mol. The average Bonchev–Trinajstić information content (AvgIpc) is 3.21. The van der Waals surface area contributed by atoms with Gasteiger partial charge in [0.05, 0.1) is 5.02 Å². The molecular formula is C14H20Cl4N2O. The van der Waals surface area contributed by atoms with E-state index in [1.807, 2.05) is 6.07 Å². The second kappa shape index (κ2) is 8.09. The van der Waals surface area contributed by atoms with Gasteiger partial charge in [-0.25, -0.2) is 0 Å². The summed E-state index contributed by atoms with van der Waals surface area (Å²) in [6.07, 6.45) is 2.44. The molecule has 0 amide bonds. The zero-order chi connectivity index (χ0) is 13.4. The van der Waals surface area contributed by atoms with Gasteiger partial charge < -0.3 is 10.4 Å². The molecule has 21 heavy (non-hydrogen) atoms. The molecule has 2 fully saturated rings. The Balaban J connectivity index is 0.00000110. The van der Waals surface area contributed by atoms with Crippen molar-refractivity contribution in [3.8, 4) is 5.75 Å². The van der Waals surface area contributed by atoms with E-state index < -0.39 is 0 Å². The summed E-state index contributed by atoms with van der Waals surface area (Å²) in [4.78, 5) is 2.44. The molecule has 7 heteroatoms. The molecule has 2 N–H and O–H groups in total. The number of phenols is 1. The van der Waals surface area contributed by atoms with Gasteiger partial charge >= 0.3 is 0 Å². The monoisotopic (exact) mass is 372 g/mol. The molecule has 3 nitrogen and oxygen atoms in total. The Morgan fingerprint density at radius 2 is 1.76 bits per heavy atom. The molecule has 0 aromatic heterocycles. The second-order valence-corrected chi connectivity index (χ2v) is 6.24. The summed E-state index contributed by atoms with van der Waals surface area (Å²) in [6, 6.07) is 3.72. The lowest BCUT2D eigenvalue weighted by atomic mass is 9.98. The lowest BCUT2D eigenvalue weighted by Crippen LogP contribution is -2.45. The van der Waals surface area contributed by atoms with Gasteiger partial charge in [0, 0.05) is 42.8 Å². The third-order valence-electron chi connectivity index (χ3n) is 3.99. The third kappa shape index (κ3) is 4.31. The normalized spacial score (nSPS) is 20.3. The first kappa shape index (κ1) is 19.1. The standard InChI is InChI=1S/C14H18Cl2N2O.2ClH/c15-10-7-11(14(19)12(16)8-10)13(9-1-2-9)18-5-3-17-4-6-18;;/h7-9,13,17,19H,1-6H2;2*1H/t13-;;/m1../s1. The van der Waals surface area contributed by atoms with Crippen molar-refractivity contribution in [2.75, 3.05) is 26.2 Å². The van der Waals surface area contributed by atoms with Crippen molar-refractivity contribution in [2.45, 2.75) is 18.9 Å². The number of halogens is 4. The topological polar surface area (TPSA) is 35.5 Å². The van der Waals surface area contributed by atoms with Crippen LogP contribution in [0.1, 0.15) is 24.4 Å². The van der Waals surface area contributed by atoms with Crippen molar-refractivity contribution in [2.24, 2.45) is 5.92 Å². The highest BCUT2D eigenvalue weighted by atomic mass is 35.5. The summed E-state index contributed by atoms with van der Waals surface area (Å²) in [6.45, 7) is 4.01. The minimum Gasteiger partial charge on any atom is -0.506 e. The van der Waals surface area contributed by atoms with Crippen molar-refractivity contribution in [1.82, 2.24) is 10.2 Å². The van der Waals surface area contributed by atoms with Gasteiger partial charge in [0.2, 0.25) is 0 Å². The maximum atomic E-state index is 10.3. The number of nitrogens with zero attached hydrogens (tertiary/aromatic N) is 1. The van der Waals surface area contributed by atoms with Crippen LogP contribution in [0.5, 0.6) is 5.75 Å². The number of aromatic hydroxyl groups is 1. The molecule has 0 radical (unpaired) electrons. The van der Waals surface area contributed by atoms with Crippen LogP contribution in [0.2, 0.25) is 10.0 Å². The summed E-state index contributed by atoms with van der Waals surface area (Å²) in [5.74, 6) is 0.819. The molecule has 120 valence electrons. The van der Waals surface area contributed by atoms with Crippen LogP contribution >= 0.6 is 48.0 Å². The third-order valence-corrected chi connectivity index (χ3v) is 4.50. The Hall–Kier alpha value is 0.1000. The van der Waals surface area contributed by atoms with Crippen LogP contribution in [0.25, 0.3) is 0 Å². The zero-order valence-electron chi connectivity index (χ0n) is 11.5. The molecule has 1 aliphatic carbocycles. The summed E-state index contributed by atoms with van der Waals surface area (Å²) < 4.78 is 0. The number of hydrogen-bond donors (Lipinski definition) is 2. The van der Waals surface area contributed by atoms with E-state index in [2.05, 4.69) is 10.2 Å². The van der Waals surface area contributed by atoms with Gasteiger partial charge in [0.25, 0.3) is 0 Å². The molecule has 1 aromatic rings. The van der Waals surface area contributed by atoms with Gasteiger partial charge in [-0.2, -0.15) is 0 Å². The number of benzene rings is 1. The highest BCUT2D eigenvalue weighted by molar-refractivity contribution is 6.35. The molecule has 1 saturated heterocycles. The van der Waals surface area contributed by atoms with E-state index in [1.165, 1.54) is 12.8 Å². The smallest absolute Gasteiger partial charge is 0.139 e. The van der Waals surface area contributed by atoms with Crippen LogP contribution in [0.4, 0.5) is 0 Å². The molecule has 0 bridgehead atoms. The van der Waals surface area contributed by atoms with E-state index in [1.54, 1.807) is 6.07 Å². The first-order chi connectivity index (χ1) is 9.16. The maximum Gasteiger partial charge on any atom is 0.139 e.